The second kappa shape index (κ2) is 7.32. The Hall–Kier alpha value is -3.20. The van der Waals surface area contributed by atoms with Crippen molar-refractivity contribution in [1.82, 2.24) is 10.2 Å². The molecule has 1 atom stereocenters. The number of rotatable bonds is 5. The summed E-state index contributed by atoms with van der Waals surface area (Å²) in [5.74, 6) is -1.15. The Bertz CT molecular complexity index is 1100. The first-order valence-electron chi connectivity index (χ1n) is 8.82. The number of nitrogens with one attached hydrogen (secondary N) is 2. The fraction of sp³-hybridized carbons (Fsp3) is 0.250. The lowest BCUT2D eigenvalue weighted by Crippen LogP contribution is -2.42. The SMILES string of the molecule is Cc1ccc([C@]2(C)NC(=O)N(CC(=O)Nc3cccc(S(C)(=O)=O)c3)C2=O)cc1. The van der Waals surface area contributed by atoms with Gasteiger partial charge in [0.05, 0.1) is 4.90 Å². The number of hydrogen-bond acceptors (Lipinski definition) is 5. The molecule has 1 heterocycles. The average Bonchev–Trinajstić information content (AvgIpc) is 2.86. The monoisotopic (exact) mass is 415 g/mol. The molecular weight excluding hydrogens is 394 g/mol. The summed E-state index contributed by atoms with van der Waals surface area (Å²) in [6.45, 7) is 3.01. The highest BCUT2D eigenvalue weighted by atomic mass is 32.2. The van der Waals surface area contributed by atoms with Gasteiger partial charge in [-0.1, -0.05) is 35.9 Å². The fourth-order valence-electron chi connectivity index (χ4n) is 3.07. The van der Waals surface area contributed by atoms with Gasteiger partial charge in [0, 0.05) is 11.9 Å². The lowest BCUT2D eigenvalue weighted by Gasteiger charge is -2.22. The molecule has 0 radical (unpaired) electrons. The van der Waals surface area contributed by atoms with Crippen LogP contribution in [-0.4, -0.2) is 44.0 Å². The predicted octanol–water partition coefficient (Wildman–Crippen LogP) is 1.80. The van der Waals surface area contributed by atoms with Crippen molar-refractivity contribution in [2.75, 3.05) is 18.1 Å². The van der Waals surface area contributed by atoms with Gasteiger partial charge >= 0.3 is 6.03 Å². The summed E-state index contributed by atoms with van der Waals surface area (Å²) in [5, 5.41) is 5.16. The number of amides is 4. The van der Waals surface area contributed by atoms with Crippen LogP contribution in [0, 0.1) is 6.92 Å². The van der Waals surface area contributed by atoms with Crippen molar-refractivity contribution in [3.8, 4) is 0 Å². The molecule has 0 saturated carbocycles. The van der Waals surface area contributed by atoms with Gasteiger partial charge in [-0.2, -0.15) is 0 Å². The number of imide groups is 1. The topological polar surface area (TPSA) is 113 Å². The minimum Gasteiger partial charge on any atom is -0.324 e. The van der Waals surface area contributed by atoms with Crippen LogP contribution in [0.5, 0.6) is 0 Å². The van der Waals surface area contributed by atoms with Gasteiger partial charge in [-0.05, 0) is 37.6 Å². The van der Waals surface area contributed by atoms with E-state index in [1.807, 2.05) is 19.1 Å². The second-order valence-corrected chi connectivity index (χ2v) is 9.18. The molecule has 9 heteroatoms. The van der Waals surface area contributed by atoms with Crippen molar-refractivity contribution < 1.29 is 22.8 Å². The second-order valence-electron chi connectivity index (χ2n) is 7.16. The van der Waals surface area contributed by atoms with Crippen LogP contribution < -0.4 is 10.6 Å². The fourth-order valence-corrected chi connectivity index (χ4v) is 3.74. The van der Waals surface area contributed by atoms with Crippen LogP contribution in [0.3, 0.4) is 0 Å². The third-order valence-electron chi connectivity index (χ3n) is 4.75. The van der Waals surface area contributed by atoms with Gasteiger partial charge in [0.1, 0.15) is 12.1 Å². The van der Waals surface area contributed by atoms with E-state index in [1.165, 1.54) is 24.3 Å². The molecule has 1 saturated heterocycles. The van der Waals surface area contributed by atoms with Crippen LogP contribution in [0.1, 0.15) is 18.1 Å². The Morgan fingerprint density at radius 3 is 2.41 bits per heavy atom. The maximum atomic E-state index is 12.9. The largest absolute Gasteiger partial charge is 0.325 e. The summed E-state index contributed by atoms with van der Waals surface area (Å²) in [6.07, 6.45) is 1.06. The van der Waals surface area contributed by atoms with Crippen molar-refractivity contribution in [2.45, 2.75) is 24.3 Å². The van der Waals surface area contributed by atoms with Crippen molar-refractivity contribution in [3.05, 3.63) is 59.7 Å². The molecule has 0 spiro atoms. The molecule has 1 aliphatic rings. The van der Waals surface area contributed by atoms with Gasteiger partial charge in [0.15, 0.2) is 9.84 Å². The Labute approximate surface area is 168 Å². The summed E-state index contributed by atoms with van der Waals surface area (Å²) in [7, 11) is -3.43. The molecule has 2 N–H and O–H groups in total. The zero-order chi connectivity index (χ0) is 21.4. The molecule has 1 fully saturated rings. The maximum Gasteiger partial charge on any atom is 0.325 e. The van der Waals surface area contributed by atoms with Gasteiger partial charge < -0.3 is 10.6 Å². The number of carbonyl (C=O) groups is 3. The number of nitrogens with zero attached hydrogens (tertiary/aromatic N) is 1. The van der Waals surface area contributed by atoms with E-state index in [4.69, 9.17) is 0 Å². The first-order valence-corrected chi connectivity index (χ1v) is 10.7. The van der Waals surface area contributed by atoms with Crippen LogP contribution in [0.4, 0.5) is 10.5 Å². The third-order valence-corrected chi connectivity index (χ3v) is 5.86. The van der Waals surface area contributed by atoms with Crippen LogP contribution in [0.2, 0.25) is 0 Å². The molecule has 152 valence electrons. The van der Waals surface area contributed by atoms with E-state index in [2.05, 4.69) is 10.6 Å². The number of benzene rings is 2. The number of carbonyl (C=O) groups excluding carboxylic acids is 3. The zero-order valence-corrected chi connectivity index (χ0v) is 17.0. The van der Waals surface area contributed by atoms with Gasteiger partial charge in [-0.15, -0.1) is 0 Å². The molecule has 2 aromatic rings. The van der Waals surface area contributed by atoms with E-state index in [0.717, 1.165) is 16.7 Å². The molecule has 2 aromatic carbocycles. The number of urea groups is 1. The number of sulfone groups is 1. The lowest BCUT2D eigenvalue weighted by atomic mass is 9.91. The molecule has 29 heavy (non-hydrogen) atoms. The lowest BCUT2D eigenvalue weighted by molar-refractivity contribution is -0.133. The highest BCUT2D eigenvalue weighted by molar-refractivity contribution is 7.90. The quantitative estimate of drug-likeness (QED) is 0.723. The van der Waals surface area contributed by atoms with E-state index in [9.17, 15) is 22.8 Å². The standard InChI is InChI=1S/C20H21N3O5S/c1-13-7-9-14(10-8-13)20(2)18(25)23(19(26)22-20)12-17(24)21-15-5-4-6-16(11-15)29(3,27)28/h4-11H,12H2,1-3H3,(H,21,24)(H,22,26)/t20-/m0/s1. The number of hydrogen-bond donors (Lipinski definition) is 2. The Morgan fingerprint density at radius 1 is 1.14 bits per heavy atom. The summed E-state index contributed by atoms with van der Waals surface area (Å²) in [5.41, 5.74) is 0.625. The van der Waals surface area contributed by atoms with Crippen molar-refractivity contribution in [1.29, 1.82) is 0 Å². The minimum absolute atomic E-state index is 0.0530. The van der Waals surface area contributed by atoms with Crippen molar-refractivity contribution in [3.63, 3.8) is 0 Å². The van der Waals surface area contributed by atoms with E-state index in [0.29, 0.717) is 5.56 Å². The van der Waals surface area contributed by atoms with E-state index in [1.54, 1.807) is 19.1 Å². The molecule has 3 rings (SSSR count). The maximum absolute atomic E-state index is 12.9. The number of anilines is 1. The summed E-state index contributed by atoms with van der Waals surface area (Å²) < 4.78 is 23.3. The smallest absolute Gasteiger partial charge is 0.324 e. The van der Waals surface area contributed by atoms with Crippen LogP contribution in [0.15, 0.2) is 53.4 Å². The Morgan fingerprint density at radius 2 is 1.79 bits per heavy atom. The highest BCUT2D eigenvalue weighted by Gasteiger charge is 2.49. The average molecular weight is 415 g/mol. The molecule has 0 bridgehead atoms. The van der Waals surface area contributed by atoms with Gasteiger partial charge in [-0.25, -0.2) is 13.2 Å². The third kappa shape index (κ3) is 4.14. The van der Waals surface area contributed by atoms with Crippen molar-refractivity contribution >= 4 is 33.4 Å². The van der Waals surface area contributed by atoms with Crippen molar-refractivity contribution in [2.24, 2.45) is 0 Å². The molecular formula is C20H21N3O5S. The van der Waals surface area contributed by atoms with Crippen LogP contribution in [-0.2, 0) is 25.0 Å². The van der Waals surface area contributed by atoms with Gasteiger partial charge in [0.2, 0.25) is 5.91 Å². The van der Waals surface area contributed by atoms with E-state index in [-0.39, 0.29) is 10.6 Å². The van der Waals surface area contributed by atoms with Crippen LogP contribution in [0.25, 0.3) is 0 Å². The molecule has 0 aromatic heterocycles. The zero-order valence-electron chi connectivity index (χ0n) is 16.2. The molecule has 4 amide bonds. The van der Waals surface area contributed by atoms with Gasteiger partial charge in [-0.3, -0.25) is 14.5 Å². The van der Waals surface area contributed by atoms with Gasteiger partial charge in [0.25, 0.3) is 5.91 Å². The molecule has 1 aliphatic heterocycles. The van der Waals surface area contributed by atoms with Crippen LogP contribution >= 0.6 is 0 Å². The minimum atomic E-state index is -3.43. The summed E-state index contributed by atoms with van der Waals surface area (Å²) in [4.78, 5) is 38.5. The van der Waals surface area contributed by atoms with E-state index >= 15 is 0 Å². The highest BCUT2D eigenvalue weighted by Crippen LogP contribution is 2.29. The van der Waals surface area contributed by atoms with E-state index < -0.39 is 39.8 Å². The molecule has 8 nitrogen and oxygen atoms in total. The predicted molar refractivity (Wildman–Crippen MR) is 107 cm³/mol. The first-order chi connectivity index (χ1) is 13.5. The normalized spacial score (nSPS) is 19.2. The summed E-state index contributed by atoms with van der Waals surface area (Å²) in [6, 6.07) is 12.3. The molecule has 0 unspecified atom stereocenters. The number of aryl methyl sites for hydroxylation is 1. The first kappa shape index (κ1) is 20.5. The summed E-state index contributed by atoms with van der Waals surface area (Å²) >= 11 is 0. The molecule has 0 aliphatic carbocycles. The Kier molecular flexibility index (Phi) is 5.18. The Balaban J connectivity index is 1.75.